The van der Waals surface area contributed by atoms with E-state index in [9.17, 15) is 5.11 Å². The van der Waals surface area contributed by atoms with Crippen molar-refractivity contribution < 1.29 is 14.3 Å². The number of furan rings is 1. The van der Waals surface area contributed by atoms with Crippen LogP contribution in [0.1, 0.15) is 17.4 Å². The molecule has 0 aliphatic heterocycles. The first-order chi connectivity index (χ1) is 10.1. The van der Waals surface area contributed by atoms with Crippen molar-refractivity contribution in [1.82, 2.24) is 10.2 Å². The second-order valence-electron chi connectivity index (χ2n) is 5.12. The van der Waals surface area contributed by atoms with E-state index in [0.29, 0.717) is 6.54 Å². The Morgan fingerprint density at radius 2 is 2.14 bits per heavy atom. The third-order valence-electron chi connectivity index (χ3n) is 3.43. The Bertz CT molecular complexity index is 553. The van der Waals surface area contributed by atoms with Crippen LogP contribution in [0.4, 0.5) is 0 Å². The van der Waals surface area contributed by atoms with Gasteiger partial charge < -0.3 is 19.6 Å². The number of benzene rings is 1. The van der Waals surface area contributed by atoms with Crippen LogP contribution in [0.5, 0.6) is 11.5 Å². The van der Waals surface area contributed by atoms with Gasteiger partial charge in [-0.1, -0.05) is 0 Å². The van der Waals surface area contributed by atoms with Crippen LogP contribution in [0, 0.1) is 0 Å². The summed E-state index contributed by atoms with van der Waals surface area (Å²) in [6.45, 7) is 1.28. The lowest BCUT2D eigenvalue weighted by Crippen LogP contribution is -2.30. The van der Waals surface area contributed by atoms with Crippen LogP contribution < -0.4 is 10.1 Å². The Hall–Kier alpha value is -1.98. The average Bonchev–Trinajstić information content (AvgIpc) is 2.98. The first kappa shape index (κ1) is 15.4. The lowest BCUT2D eigenvalue weighted by Gasteiger charge is -2.22. The van der Waals surface area contributed by atoms with Crippen molar-refractivity contribution in [1.29, 1.82) is 0 Å². The fraction of sp³-hybridized carbons (Fsp3) is 0.375. The van der Waals surface area contributed by atoms with Crippen LogP contribution in [0.3, 0.4) is 0 Å². The van der Waals surface area contributed by atoms with Crippen LogP contribution in [0.2, 0.25) is 0 Å². The van der Waals surface area contributed by atoms with Gasteiger partial charge in [0, 0.05) is 18.7 Å². The number of phenolic OH excluding ortho intramolecular Hbond substituents is 1. The van der Waals surface area contributed by atoms with Crippen molar-refractivity contribution in [2.45, 2.75) is 12.6 Å². The predicted molar refractivity (Wildman–Crippen MR) is 81.5 cm³/mol. The van der Waals surface area contributed by atoms with Gasteiger partial charge in [0.2, 0.25) is 0 Å². The van der Waals surface area contributed by atoms with E-state index in [0.717, 1.165) is 23.6 Å². The standard InChI is InChI=1S/C16H22N2O3/c1-18(2)14(16-5-4-8-21-16)11-17-10-12-9-13(20-3)6-7-15(12)19/h4-9,14,17,19H,10-11H2,1-3H3. The number of hydrogen-bond acceptors (Lipinski definition) is 5. The summed E-state index contributed by atoms with van der Waals surface area (Å²) in [4.78, 5) is 2.09. The molecule has 2 N–H and O–H groups in total. The highest BCUT2D eigenvalue weighted by Crippen LogP contribution is 2.23. The SMILES string of the molecule is COc1ccc(O)c(CNCC(c2ccco2)N(C)C)c1. The third kappa shape index (κ3) is 4.00. The molecule has 114 valence electrons. The minimum atomic E-state index is 0.146. The molecule has 0 saturated heterocycles. The summed E-state index contributed by atoms with van der Waals surface area (Å²) >= 11 is 0. The number of ether oxygens (including phenoxy) is 1. The Kier molecular flexibility index (Phi) is 5.25. The van der Waals surface area contributed by atoms with Crippen LogP contribution in [0.15, 0.2) is 41.0 Å². The molecule has 0 aliphatic carbocycles. The second-order valence-corrected chi connectivity index (χ2v) is 5.12. The van der Waals surface area contributed by atoms with Gasteiger partial charge in [0.25, 0.3) is 0 Å². The van der Waals surface area contributed by atoms with Gasteiger partial charge in [-0.25, -0.2) is 0 Å². The van der Waals surface area contributed by atoms with Gasteiger partial charge in [0.1, 0.15) is 17.3 Å². The summed E-state index contributed by atoms with van der Waals surface area (Å²) in [5.41, 5.74) is 0.811. The maximum Gasteiger partial charge on any atom is 0.122 e. The zero-order chi connectivity index (χ0) is 15.2. The maximum atomic E-state index is 9.86. The van der Waals surface area contributed by atoms with Gasteiger partial charge in [-0.3, -0.25) is 4.90 Å². The van der Waals surface area contributed by atoms with Crippen molar-refractivity contribution in [3.05, 3.63) is 47.9 Å². The smallest absolute Gasteiger partial charge is 0.122 e. The Labute approximate surface area is 125 Å². The van der Waals surface area contributed by atoms with Crippen LogP contribution in [-0.2, 0) is 6.54 Å². The van der Waals surface area contributed by atoms with Crippen LogP contribution in [0.25, 0.3) is 0 Å². The number of phenols is 1. The first-order valence-electron chi connectivity index (χ1n) is 6.88. The molecule has 0 radical (unpaired) electrons. The van der Waals surface area contributed by atoms with Crippen molar-refractivity contribution in [3.8, 4) is 11.5 Å². The zero-order valence-corrected chi connectivity index (χ0v) is 12.7. The van der Waals surface area contributed by atoms with E-state index in [1.165, 1.54) is 0 Å². The third-order valence-corrected chi connectivity index (χ3v) is 3.43. The summed E-state index contributed by atoms with van der Waals surface area (Å²) in [7, 11) is 5.64. The van der Waals surface area contributed by atoms with Gasteiger partial charge in [-0.2, -0.15) is 0 Å². The van der Waals surface area contributed by atoms with E-state index >= 15 is 0 Å². The Morgan fingerprint density at radius 3 is 2.76 bits per heavy atom. The molecule has 21 heavy (non-hydrogen) atoms. The summed E-state index contributed by atoms with van der Waals surface area (Å²) in [6.07, 6.45) is 1.68. The molecule has 1 unspecified atom stereocenters. The van der Waals surface area contributed by atoms with Crippen molar-refractivity contribution >= 4 is 0 Å². The van der Waals surface area contributed by atoms with Gasteiger partial charge in [-0.05, 0) is 44.4 Å². The summed E-state index contributed by atoms with van der Waals surface area (Å²) in [6, 6.07) is 9.22. The topological polar surface area (TPSA) is 57.9 Å². The van der Waals surface area contributed by atoms with Gasteiger partial charge >= 0.3 is 0 Å². The highest BCUT2D eigenvalue weighted by molar-refractivity contribution is 5.39. The number of aromatic hydroxyl groups is 1. The largest absolute Gasteiger partial charge is 0.508 e. The monoisotopic (exact) mass is 290 g/mol. The minimum Gasteiger partial charge on any atom is -0.508 e. The van der Waals surface area contributed by atoms with Crippen molar-refractivity contribution in [2.75, 3.05) is 27.7 Å². The quantitative estimate of drug-likeness (QED) is 0.820. The van der Waals surface area contributed by atoms with Crippen molar-refractivity contribution in [2.24, 2.45) is 0 Å². The average molecular weight is 290 g/mol. The van der Waals surface area contributed by atoms with Crippen LogP contribution in [-0.4, -0.2) is 37.8 Å². The summed E-state index contributed by atoms with van der Waals surface area (Å²) < 4.78 is 10.6. The van der Waals surface area contributed by atoms with Gasteiger partial charge in [0.15, 0.2) is 0 Å². The van der Waals surface area contributed by atoms with E-state index in [4.69, 9.17) is 9.15 Å². The molecular weight excluding hydrogens is 268 g/mol. The highest BCUT2D eigenvalue weighted by Gasteiger charge is 2.16. The highest BCUT2D eigenvalue weighted by atomic mass is 16.5. The molecule has 5 nitrogen and oxygen atoms in total. The lowest BCUT2D eigenvalue weighted by atomic mass is 10.1. The molecule has 0 aliphatic rings. The van der Waals surface area contributed by atoms with E-state index < -0.39 is 0 Å². The van der Waals surface area contributed by atoms with Gasteiger partial charge in [0.05, 0.1) is 19.4 Å². The molecule has 1 atom stereocenters. The molecular formula is C16H22N2O3. The zero-order valence-electron chi connectivity index (χ0n) is 12.7. The first-order valence-corrected chi connectivity index (χ1v) is 6.88. The number of rotatable bonds is 7. The Balaban J connectivity index is 1.96. The van der Waals surface area contributed by atoms with E-state index in [1.54, 1.807) is 25.5 Å². The number of hydrogen-bond donors (Lipinski definition) is 2. The maximum absolute atomic E-state index is 9.86. The molecule has 1 heterocycles. The molecule has 1 aromatic carbocycles. The lowest BCUT2D eigenvalue weighted by molar-refractivity contribution is 0.250. The number of nitrogens with zero attached hydrogens (tertiary/aromatic N) is 1. The molecule has 1 aromatic heterocycles. The number of nitrogens with one attached hydrogen (secondary N) is 1. The molecule has 2 rings (SSSR count). The molecule has 0 spiro atoms. The fourth-order valence-corrected chi connectivity index (χ4v) is 2.19. The molecule has 0 amide bonds. The van der Waals surface area contributed by atoms with Gasteiger partial charge in [-0.15, -0.1) is 0 Å². The normalized spacial score (nSPS) is 12.6. The molecule has 5 heteroatoms. The summed E-state index contributed by atoms with van der Waals surface area (Å²) in [5.74, 6) is 1.92. The van der Waals surface area contributed by atoms with E-state index in [-0.39, 0.29) is 11.8 Å². The minimum absolute atomic E-state index is 0.146. The molecule has 0 saturated carbocycles. The fourth-order valence-electron chi connectivity index (χ4n) is 2.19. The van der Waals surface area contributed by atoms with E-state index in [2.05, 4.69) is 10.2 Å². The number of likely N-dealkylation sites (N-methyl/N-ethyl adjacent to an activating group) is 1. The predicted octanol–water partition coefficient (Wildman–Crippen LogP) is 2.39. The van der Waals surface area contributed by atoms with Crippen molar-refractivity contribution in [3.63, 3.8) is 0 Å². The molecule has 0 bridgehead atoms. The van der Waals surface area contributed by atoms with Crippen LogP contribution >= 0.6 is 0 Å². The summed E-state index contributed by atoms with van der Waals surface area (Å²) in [5, 5.41) is 13.2. The van der Waals surface area contributed by atoms with E-state index in [1.807, 2.05) is 32.3 Å². The molecule has 2 aromatic rings. The second kappa shape index (κ2) is 7.15. The molecule has 0 fully saturated rings. The Morgan fingerprint density at radius 1 is 1.33 bits per heavy atom. The number of methoxy groups -OCH3 is 1.